The second-order valence-corrected chi connectivity index (χ2v) is 10.3. The molecule has 1 amide bonds. The van der Waals surface area contributed by atoms with Gasteiger partial charge >= 0.3 is 0 Å². The Balaban J connectivity index is 1.67. The fourth-order valence-corrected chi connectivity index (χ4v) is 6.18. The molecule has 1 fully saturated rings. The molecule has 1 saturated heterocycles. The summed E-state index contributed by atoms with van der Waals surface area (Å²) in [5, 5.41) is 0.574. The average molecular weight is 450 g/mol. The predicted molar refractivity (Wildman–Crippen MR) is 98.1 cm³/mol. The van der Waals surface area contributed by atoms with Crippen molar-refractivity contribution in [1.82, 2.24) is 9.21 Å². The van der Waals surface area contributed by atoms with Crippen LogP contribution < -0.4 is 0 Å². The van der Waals surface area contributed by atoms with E-state index in [2.05, 4.69) is 15.9 Å². The first kappa shape index (κ1) is 17.9. The van der Waals surface area contributed by atoms with E-state index in [1.807, 2.05) is 0 Å². The maximum Gasteiger partial charge on any atom is 0.253 e. The molecule has 1 aliphatic rings. The Hall–Kier alpha value is -0.930. The Bertz CT molecular complexity index is 844. The number of carbonyl (C=O) groups excluding carboxylic acids is 1. The minimum atomic E-state index is -3.49. The van der Waals surface area contributed by atoms with Crippen molar-refractivity contribution < 1.29 is 13.2 Å². The van der Waals surface area contributed by atoms with Crippen LogP contribution in [0.1, 0.15) is 10.4 Å². The lowest BCUT2D eigenvalue weighted by atomic mass is 10.2. The van der Waals surface area contributed by atoms with Crippen LogP contribution in [0.4, 0.5) is 0 Å². The maximum absolute atomic E-state index is 12.6. The Morgan fingerprint density at radius 1 is 1.04 bits per heavy atom. The first-order chi connectivity index (χ1) is 11.4. The second kappa shape index (κ2) is 7.13. The van der Waals surface area contributed by atoms with Crippen LogP contribution in [0.3, 0.4) is 0 Å². The van der Waals surface area contributed by atoms with Crippen molar-refractivity contribution >= 4 is 54.8 Å². The molecule has 0 N–H and O–H groups in total. The summed E-state index contributed by atoms with van der Waals surface area (Å²) < 4.78 is 27.7. The van der Waals surface area contributed by atoms with Gasteiger partial charge in [0.25, 0.3) is 15.9 Å². The molecule has 0 radical (unpaired) electrons. The van der Waals surface area contributed by atoms with Crippen LogP contribution >= 0.6 is 38.9 Å². The predicted octanol–water partition coefficient (Wildman–Crippen LogP) is 3.31. The van der Waals surface area contributed by atoms with Crippen LogP contribution in [0.15, 0.2) is 44.4 Å². The molecule has 0 saturated carbocycles. The lowest BCUT2D eigenvalue weighted by Gasteiger charge is -2.33. The van der Waals surface area contributed by atoms with Gasteiger partial charge in [0.05, 0.1) is 3.79 Å². The molecule has 9 heteroatoms. The average Bonchev–Trinajstić information content (AvgIpc) is 3.02. The van der Waals surface area contributed by atoms with E-state index in [0.717, 1.165) is 3.79 Å². The molecule has 0 aliphatic carbocycles. The van der Waals surface area contributed by atoms with E-state index in [1.165, 1.54) is 15.6 Å². The van der Waals surface area contributed by atoms with E-state index < -0.39 is 10.0 Å². The summed E-state index contributed by atoms with van der Waals surface area (Å²) in [6, 6.07) is 10.0. The van der Waals surface area contributed by atoms with Gasteiger partial charge in [-0.15, -0.1) is 11.3 Å². The van der Waals surface area contributed by atoms with E-state index in [4.69, 9.17) is 11.6 Å². The SMILES string of the molecule is O=C(c1ccc(Cl)cc1)N1CCN(S(=O)(=O)c2ccc(Br)s2)CC1. The number of thiophene rings is 1. The molecule has 0 atom stereocenters. The molecule has 2 aromatic rings. The normalized spacial score (nSPS) is 16.3. The van der Waals surface area contributed by atoms with Gasteiger partial charge in [-0.1, -0.05) is 11.6 Å². The summed E-state index contributed by atoms with van der Waals surface area (Å²) in [6.45, 7) is 1.31. The number of hydrogen-bond donors (Lipinski definition) is 0. The molecule has 2 heterocycles. The fraction of sp³-hybridized carbons (Fsp3) is 0.267. The minimum absolute atomic E-state index is 0.109. The summed E-state index contributed by atoms with van der Waals surface area (Å²) in [6.07, 6.45) is 0. The first-order valence-corrected chi connectivity index (χ1v) is 10.6. The Morgan fingerprint density at radius 2 is 1.67 bits per heavy atom. The van der Waals surface area contributed by atoms with Gasteiger partial charge in [0.2, 0.25) is 0 Å². The monoisotopic (exact) mass is 448 g/mol. The third-order valence-electron chi connectivity index (χ3n) is 3.76. The molecule has 5 nitrogen and oxygen atoms in total. The number of sulfonamides is 1. The molecule has 1 aliphatic heterocycles. The highest BCUT2D eigenvalue weighted by molar-refractivity contribution is 9.11. The van der Waals surface area contributed by atoms with Gasteiger partial charge in [-0.3, -0.25) is 4.79 Å². The van der Waals surface area contributed by atoms with Gasteiger partial charge in [-0.2, -0.15) is 4.31 Å². The Morgan fingerprint density at radius 3 is 2.21 bits per heavy atom. The van der Waals surface area contributed by atoms with Crippen molar-refractivity contribution in [2.75, 3.05) is 26.2 Å². The Kier molecular flexibility index (Phi) is 5.31. The number of benzene rings is 1. The summed E-state index contributed by atoms with van der Waals surface area (Å²) in [7, 11) is -3.49. The van der Waals surface area contributed by atoms with E-state index in [-0.39, 0.29) is 19.0 Å². The largest absolute Gasteiger partial charge is 0.336 e. The molecule has 1 aromatic carbocycles. The molecule has 128 valence electrons. The lowest BCUT2D eigenvalue weighted by molar-refractivity contribution is 0.0698. The third kappa shape index (κ3) is 3.67. The van der Waals surface area contributed by atoms with Crippen molar-refractivity contribution in [2.45, 2.75) is 4.21 Å². The minimum Gasteiger partial charge on any atom is -0.336 e. The van der Waals surface area contributed by atoms with Crippen molar-refractivity contribution in [2.24, 2.45) is 0 Å². The van der Waals surface area contributed by atoms with Crippen LogP contribution in [-0.4, -0.2) is 49.7 Å². The number of nitrogens with zero attached hydrogens (tertiary/aromatic N) is 2. The number of hydrogen-bond acceptors (Lipinski definition) is 4. The summed E-state index contributed by atoms with van der Waals surface area (Å²) in [5.41, 5.74) is 0.554. The number of carbonyl (C=O) groups is 1. The van der Waals surface area contributed by atoms with Crippen molar-refractivity contribution in [3.8, 4) is 0 Å². The van der Waals surface area contributed by atoms with E-state index in [9.17, 15) is 13.2 Å². The number of amides is 1. The van der Waals surface area contributed by atoms with Crippen LogP contribution in [0.5, 0.6) is 0 Å². The van der Waals surface area contributed by atoms with Gasteiger partial charge in [0.15, 0.2) is 0 Å². The highest BCUT2D eigenvalue weighted by Gasteiger charge is 2.31. The van der Waals surface area contributed by atoms with Gasteiger partial charge in [0.1, 0.15) is 4.21 Å². The zero-order valence-electron chi connectivity index (χ0n) is 12.5. The molecule has 0 spiro atoms. The zero-order chi connectivity index (χ0) is 17.3. The molecule has 0 unspecified atom stereocenters. The van der Waals surface area contributed by atoms with Gasteiger partial charge in [0, 0.05) is 36.8 Å². The standard InChI is InChI=1S/C15H14BrClN2O3S2/c16-13-5-6-14(23-13)24(21,22)19-9-7-18(8-10-19)15(20)11-1-3-12(17)4-2-11/h1-6H,7-10H2. The fourth-order valence-electron chi connectivity index (χ4n) is 2.47. The topological polar surface area (TPSA) is 57.7 Å². The highest BCUT2D eigenvalue weighted by Crippen LogP contribution is 2.29. The van der Waals surface area contributed by atoms with Crippen LogP contribution in [0.2, 0.25) is 5.02 Å². The molecular weight excluding hydrogens is 436 g/mol. The quantitative estimate of drug-likeness (QED) is 0.722. The number of piperazine rings is 1. The summed E-state index contributed by atoms with van der Waals surface area (Å²) >= 11 is 10.3. The first-order valence-electron chi connectivity index (χ1n) is 7.18. The van der Waals surface area contributed by atoms with Crippen molar-refractivity contribution in [1.29, 1.82) is 0 Å². The summed E-state index contributed by atoms with van der Waals surface area (Å²) in [4.78, 5) is 14.1. The smallest absolute Gasteiger partial charge is 0.253 e. The molecule has 1 aromatic heterocycles. The second-order valence-electron chi connectivity index (χ2n) is 5.26. The van der Waals surface area contributed by atoms with Gasteiger partial charge in [-0.25, -0.2) is 8.42 Å². The zero-order valence-corrected chi connectivity index (χ0v) is 16.5. The molecule has 3 rings (SSSR count). The van der Waals surface area contributed by atoms with E-state index in [1.54, 1.807) is 41.3 Å². The molecule has 24 heavy (non-hydrogen) atoms. The van der Waals surface area contributed by atoms with Gasteiger partial charge < -0.3 is 4.90 Å². The Labute approximate surface area is 158 Å². The van der Waals surface area contributed by atoms with E-state index >= 15 is 0 Å². The van der Waals surface area contributed by atoms with E-state index in [0.29, 0.717) is 27.9 Å². The van der Waals surface area contributed by atoms with Crippen LogP contribution in [0, 0.1) is 0 Å². The maximum atomic E-state index is 12.6. The van der Waals surface area contributed by atoms with Crippen molar-refractivity contribution in [3.05, 3.63) is 50.8 Å². The molecule has 0 bridgehead atoms. The lowest BCUT2D eigenvalue weighted by Crippen LogP contribution is -2.50. The third-order valence-corrected chi connectivity index (χ3v) is 8.00. The number of rotatable bonds is 3. The summed E-state index contributed by atoms with van der Waals surface area (Å²) in [5.74, 6) is -0.109. The highest BCUT2D eigenvalue weighted by atomic mass is 79.9. The van der Waals surface area contributed by atoms with Crippen molar-refractivity contribution in [3.63, 3.8) is 0 Å². The number of halogens is 2. The van der Waals surface area contributed by atoms with Crippen LogP contribution in [0.25, 0.3) is 0 Å². The molecular formula is C15H14BrClN2O3S2. The van der Waals surface area contributed by atoms with Crippen LogP contribution in [-0.2, 0) is 10.0 Å². The van der Waals surface area contributed by atoms with Gasteiger partial charge in [-0.05, 0) is 52.3 Å².